The van der Waals surface area contributed by atoms with Gasteiger partial charge in [-0.1, -0.05) is 17.7 Å². The number of aromatic amines is 1. The van der Waals surface area contributed by atoms with Gasteiger partial charge in [0.25, 0.3) is 0 Å². The number of nitrogens with zero attached hydrogens (tertiary/aromatic N) is 2. The van der Waals surface area contributed by atoms with Crippen molar-refractivity contribution in [1.82, 2.24) is 10.3 Å². The Balaban J connectivity index is 2.03. The number of ketones is 1. The molecule has 4 N–H and O–H groups in total. The molecule has 0 radical (unpaired) electrons. The predicted molar refractivity (Wildman–Crippen MR) is 96.5 cm³/mol. The van der Waals surface area contributed by atoms with E-state index in [9.17, 15) is 19.5 Å². The normalized spacial score (nSPS) is 12.8. The number of aliphatic carboxylic acids is 1. The number of nitrogens with one attached hydrogen (secondary N) is 2. The fraction of sp³-hybridized carbons (Fsp3) is 0.294. The first kappa shape index (κ1) is 20.3. The number of benzene rings is 1. The second-order valence-corrected chi connectivity index (χ2v) is 6.25. The minimum Gasteiger partial charge on any atom is -0.480 e. The third-order valence-electron chi connectivity index (χ3n) is 3.95. The van der Waals surface area contributed by atoms with E-state index >= 15 is 0 Å². The molecule has 2 rings (SSSR count). The molecule has 1 aromatic heterocycles. The van der Waals surface area contributed by atoms with Crippen LogP contribution in [0.25, 0.3) is 16.4 Å². The number of rotatable bonds is 9. The average molecular weight is 393 g/mol. The van der Waals surface area contributed by atoms with Crippen molar-refractivity contribution in [3.63, 3.8) is 0 Å². The highest BCUT2D eigenvalue weighted by molar-refractivity contribution is 6.35. The molecule has 0 aliphatic heterocycles. The summed E-state index contributed by atoms with van der Waals surface area (Å²) in [6.45, 7) is 0. The molecule has 9 nitrogen and oxygen atoms in total. The van der Waals surface area contributed by atoms with Crippen molar-refractivity contribution in [3.05, 3.63) is 40.5 Å². The number of Topliss-reactive ketones (excluding diaryl/α,β-unsaturated/α-hetero) is 1. The lowest BCUT2D eigenvalue weighted by molar-refractivity contribution is -0.143. The lowest BCUT2D eigenvalue weighted by Gasteiger charge is -2.16. The molecule has 0 aliphatic rings. The van der Waals surface area contributed by atoms with E-state index in [2.05, 4.69) is 15.1 Å². The van der Waals surface area contributed by atoms with Gasteiger partial charge >= 0.3 is 12.2 Å². The molecule has 0 spiro atoms. The van der Waals surface area contributed by atoms with Gasteiger partial charge in [0, 0.05) is 29.9 Å². The van der Waals surface area contributed by atoms with Gasteiger partial charge < -0.3 is 26.0 Å². The van der Waals surface area contributed by atoms with Crippen LogP contribution in [0.4, 0.5) is 0 Å². The second kappa shape index (κ2) is 9.09. The van der Waals surface area contributed by atoms with Gasteiger partial charge in [-0.25, -0.2) is 4.79 Å². The van der Waals surface area contributed by atoms with Crippen LogP contribution in [0.1, 0.15) is 18.4 Å². The highest BCUT2D eigenvalue weighted by Gasteiger charge is 2.25. The lowest BCUT2D eigenvalue weighted by Crippen LogP contribution is -2.46. The van der Waals surface area contributed by atoms with Crippen molar-refractivity contribution in [1.29, 1.82) is 0 Å². The smallest absolute Gasteiger partial charge is 0.326 e. The van der Waals surface area contributed by atoms with Crippen LogP contribution in [0.2, 0.25) is 5.02 Å². The molecule has 0 fully saturated rings. The van der Waals surface area contributed by atoms with Crippen LogP contribution in [0.3, 0.4) is 0 Å². The molecule has 10 heteroatoms. The number of H-pyrrole nitrogens is 1. The van der Waals surface area contributed by atoms with Crippen LogP contribution >= 0.6 is 11.6 Å². The molecule has 1 heterocycles. The summed E-state index contributed by atoms with van der Waals surface area (Å²) in [4.78, 5) is 40.2. The third-order valence-corrected chi connectivity index (χ3v) is 4.26. The summed E-state index contributed by atoms with van der Waals surface area (Å²) in [6, 6.07) is 3.87. The number of hydrogen-bond acceptors (Lipinski definition) is 4. The van der Waals surface area contributed by atoms with Crippen LogP contribution in [0.5, 0.6) is 0 Å². The molecule has 2 aromatic rings. The van der Waals surface area contributed by atoms with Crippen LogP contribution in [-0.2, 0) is 20.8 Å². The Morgan fingerprint density at radius 2 is 2.11 bits per heavy atom. The average Bonchev–Trinajstić information content (AvgIpc) is 3.02. The first-order valence-corrected chi connectivity index (χ1v) is 8.37. The number of carboxylic acids is 1. The summed E-state index contributed by atoms with van der Waals surface area (Å²) in [6.07, 6.45) is 0.243. The molecule has 0 saturated carbocycles. The van der Waals surface area contributed by atoms with Crippen molar-refractivity contribution in [3.8, 4) is 0 Å². The van der Waals surface area contributed by atoms with Crippen LogP contribution in [0.15, 0.2) is 24.4 Å². The monoisotopic (exact) mass is 392 g/mol. The molecule has 0 bridgehead atoms. The van der Waals surface area contributed by atoms with E-state index in [0.717, 1.165) is 5.52 Å². The maximum Gasteiger partial charge on any atom is 0.326 e. The Morgan fingerprint density at radius 1 is 1.37 bits per heavy atom. The Hall–Kier alpha value is -3.00. The maximum atomic E-state index is 12.2. The Labute approximate surface area is 158 Å². The predicted octanol–water partition coefficient (Wildman–Crippen LogP) is 0.944. The maximum absolute atomic E-state index is 12.2. The largest absolute Gasteiger partial charge is 0.480 e. The van der Waals surface area contributed by atoms with Crippen LogP contribution < -0.4 is 5.32 Å². The van der Waals surface area contributed by atoms with Crippen LogP contribution in [0, 0.1) is 0 Å². The summed E-state index contributed by atoms with van der Waals surface area (Å²) in [7, 11) is 0. The SMILES string of the molecule is [N-]=[N+]=CC(=O)CC[C@H](NC(=O)[C@@H](O)Cc1c[nH]c2cccc(Cl)c12)C(=O)O. The molecule has 27 heavy (non-hydrogen) atoms. The number of carbonyl (C=O) groups is 3. The van der Waals surface area contributed by atoms with E-state index in [-0.39, 0.29) is 19.3 Å². The zero-order valence-electron chi connectivity index (χ0n) is 14.1. The summed E-state index contributed by atoms with van der Waals surface area (Å²) in [5, 5.41) is 22.7. The lowest BCUT2D eigenvalue weighted by atomic mass is 10.0. The quantitative estimate of drug-likeness (QED) is 0.284. The standard InChI is InChI=1S/C17H17ClN4O5/c18-11-2-1-3-12-15(11)9(7-20-12)6-14(24)16(25)22-13(17(26)27)5-4-10(23)8-21-19/h1-3,7-8,13-14,20,24H,4-6H2,(H,22,25)(H,26,27)/t13-,14-/m0/s1. The molecule has 142 valence electrons. The number of halogens is 1. The molecular weight excluding hydrogens is 376 g/mol. The Bertz CT molecular complexity index is 919. The zero-order valence-corrected chi connectivity index (χ0v) is 14.8. The van der Waals surface area contributed by atoms with Crippen molar-refractivity contribution < 1.29 is 29.4 Å². The number of fused-ring (bicyclic) bond motifs is 1. The number of amides is 1. The molecule has 0 saturated heterocycles. The van der Waals surface area contributed by atoms with E-state index < -0.39 is 29.8 Å². The Kier molecular flexibility index (Phi) is 6.84. The molecule has 2 atom stereocenters. The molecule has 1 aromatic carbocycles. The molecule has 0 unspecified atom stereocenters. The van der Waals surface area contributed by atoms with Crippen molar-refractivity contribution >= 4 is 46.4 Å². The van der Waals surface area contributed by atoms with E-state index in [1.165, 1.54) is 0 Å². The number of aromatic nitrogens is 1. The van der Waals surface area contributed by atoms with Crippen molar-refractivity contribution in [2.75, 3.05) is 0 Å². The number of hydrogen-bond donors (Lipinski definition) is 4. The minimum absolute atomic E-state index is 0.0714. The topological polar surface area (TPSA) is 156 Å². The van der Waals surface area contributed by atoms with E-state index in [4.69, 9.17) is 22.2 Å². The molecule has 0 aliphatic carbocycles. The number of aliphatic hydroxyl groups is 1. The van der Waals surface area contributed by atoms with Gasteiger partial charge in [0.2, 0.25) is 11.7 Å². The van der Waals surface area contributed by atoms with Gasteiger partial charge in [-0.15, -0.1) is 0 Å². The number of carbonyl (C=O) groups excluding carboxylic acids is 2. The fourth-order valence-electron chi connectivity index (χ4n) is 2.61. The first-order chi connectivity index (χ1) is 12.8. The van der Waals surface area contributed by atoms with Gasteiger partial charge in [0.15, 0.2) is 0 Å². The zero-order chi connectivity index (χ0) is 20.0. The number of aliphatic hydroxyl groups excluding tert-OH is 1. The van der Waals surface area contributed by atoms with Gasteiger partial charge in [0.05, 0.1) is 5.02 Å². The van der Waals surface area contributed by atoms with E-state index in [1.807, 2.05) is 0 Å². The summed E-state index contributed by atoms with van der Waals surface area (Å²) < 4.78 is 0. The summed E-state index contributed by atoms with van der Waals surface area (Å²) >= 11 is 6.15. The van der Waals surface area contributed by atoms with Gasteiger partial charge in [-0.2, -0.15) is 4.79 Å². The van der Waals surface area contributed by atoms with Crippen molar-refractivity contribution in [2.45, 2.75) is 31.4 Å². The first-order valence-electron chi connectivity index (χ1n) is 7.99. The second-order valence-electron chi connectivity index (χ2n) is 5.85. The molecule has 1 amide bonds. The van der Waals surface area contributed by atoms with Gasteiger partial charge in [-0.05, 0) is 24.1 Å². The minimum atomic E-state index is -1.50. The summed E-state index contributed by atoms with van der Waals surface area (Å²) in [5.41, 5.74) is 9.62. The fourth-order valence-corrected chi connectivity index (χ4v) is 2.91. The van der Waals surface area contributed by atoms with Gasteiger partial charge in [-0.3, -0.25) is 9.59 Å². The highest BCUT2D eigenvalue weighted by atomic mass is 35.5. The third kappa shape index (κ3) is 5.24. The van der Waals surface area contributed by atoms with E-state index in [1.54, 1.807) is 24.4 Å². The van der Waals surface area contributed by atoms with Gasteiger partial charge in [0.1, 0.15) is 12.1 Å². The highest BCUT2D eigenvalue weighted by Crippen LogP contribution is 2.27. The van der Waals surface area contributed by atoms with E-state index in [0.29, 0.717) is 22.2 Å². The van der Waals surface area contributed by atoms with Crippen molar-refractivity contribution in [2.24, 2.45) is 0 Å². The molecular formula is C17H17ClN4O5. The van der Waals surface area contributed by atoms with Crippen LogP contribution in [-0.4, -0.2) is 56.0 Å². The Morgan fingerprint density at radius 3 is 2.78 bits per heavy atom. The summed E-state index contributed by atoms with van der Waals surface area (Å²) in [5.74, 6) is -2.82. The number of carboxylic acid groups (broad SMARTS) is 1.